The largest absolute Gasteiger partial charge is 0.480 e. The fraction of sp³-hybridized carbons (Fsp3) is 0.364. The topological polar surface area (TPSA) is 124 Å². The second-order valence-corrected chi connectivity index (χ2v) is 6.56. The summed E-state index contributed by atoms with van der Waals surface area (Å²) in [7, 11) is -3.41. The number of hydrogen-bond donors (Lipinski definition) is 1. The molecule has 0 bridgehead atoms. The van der Waals surface area contributed by atoms with E-state index < -0.39 is 44.2 Å². The van der Waals surface area contributed by atoms with Gasteiger partial charge in [0, 0.05) is 11.6 Å². The molecule has 0 saturated carbocycles. The van der Waals surface area contributed by atoms with Gasteiger partial charge in [-0.15, -0.1) is 0 Å². The van der Waals surface area contributed by atoms with Crippen molar-refractivity contribution >= 4 is 21.8 Å². The van der Waals surface area contributed by atoms with Crippen LogP contribution in [-0.4, -0.2) is 48.4 Å². The summed E-state index contributed by atoms with van der Waals surface area (Å²) in [6, 6.07) is 3.54. The lowest BCUT2D eigenvalue weighted by molar-refractivity contribution is -0.386. The zero-order valence-corrected chi connectivity index (χ0v) is 10.9. The number of carbonyl (C=O) groups excluding carboxylic acids is 1. The molecule has 1 aromatic carbocycles. The number of carbonyl (C=O) groups is 1. The number of sulfone groups is 1. The van der Waals surface area contributed by atoms with E-state index in [2.05, 4.69) is 0 Å². The maximum atomic E-state index is 11.3. The Bertz CT molecular complexity index is 655. The number of benzene rings is 1. The third kappa shape index (κ3) is 2.94. The quantitative estimate of drug-likeness (QED) is 0.469. The number of aldehydes is 1. The number of aliphatic hydroxyl groups excluding tert-OH is 1. The Hall–Kier alpha value is -2.00. The molecular weight excluding hydrogens is 290 g/mol. The fourth-order valence-electron chi connectivity index (χ4n) is 1.92. The van der Waals surface area contributed by atoms with Crippen LogP contribution >= 0.6 is 0 Å². The molecule has 1 N–H and O–H groups in total. The van der Waals surface area contributed by atoms with Crippen molar-refractivity contribution in [2.45, 2.75) is 12.2 Å². The summed E-state index contributed by atoms with van der Waals surface area (Å²) in [6.45, 7) is 0. The van der Waals surface area contributed by atoms with Crippen molar-refractivity contribution in [1.82, 2.24) is 0 Å². The standard InChI is InChI=1S/C11H11NO7S/c13-4-7-1-2-10(8(3-7)12(15)16)19-11-6-20(17,18)5-9(11)14/h1-4,9,11,14H,5-6H2. The Balaban J connectivity index is 2.30. The van der Waals surface area contributed by atoms with E-state index in [-0.39, 0.29) is 11.3 Å². The van der Waals surface area contributed by atoms with Crippen LogP contribution in [0.3, 0.4) is 0 Å². The molecule has 108 valence electrons. The Morgan fingerprint density at radius 3 is 2.60 bits per heavy atom. The molecule has 2 atom stereocenters. The number of nitro groups is 1. The van der Waals surface area contributed by atoms with Gasteiger partial charge in [0.15, 0.2) is 15.6 Å². The summed E-state index contributed by atoms with van der Waals surface area (Å²) < 4.78 is 27.9. The van der Waals surface area contributed by atoms with Gasteiger partial charge in [-0.1, -0.05) is 0 Å². The van der Waals surface area contributed by atoms with Crippen LogP contribution < -0.4 is 4.74 Å². The van der Waals surface area contributed by atoms with E-state index in [9.17, 15) is 28.4 Å². The summed E-state index contributed by atoms with van der Waals surface area (Å²) >= 11 is 0. The van der Waals surface area contributed by atoms with Gasteiger partial charge in [0.05, 0.1) is 16.4 Å². The highest BCUT2D eigenvalue weighted by molar-refractivity contribution is 7.91. The first kappa shape index (κ1) is 14.4. The molecule has 2 unspecified atom stereocenters. The maximum absolute atomic E-state index is 11.3. The molecule has 1 aliphatic rings. The van der Waals surface area contributed by atoms with Crippen LogP contribution in [0.25, 0.3) is 0 Å². The number of ether oxygens (including phenoxy) is 1. The Kier molecular flexibility index (Phi) is 3.73. The normalized spacial score (nSPS) is 24.2. The Morgan fingerprint density at radius 2 is 2.10 bits per heavy atom. The van der Waals surface area contributed by atoms with Gasteiger partial charge >= 0.3 is 5.69 Å². The van der Waals surface area contributed by atoms with Crippen molar-refractivity contribution in [3.63, 3.8) is 0 Å². The molecule has 2 rings (SSSR count). The lowest BCUT2D eigenvalue weighted by atomic mass is 10.2. The van der Waals surface area contributed by atoms with Gasteiger partial charge < -0.3 is 9.84 Å². The predicted octanol–water partition coefficient (Wildman–Crippen LogP) is -0.0560. The highest BCUT2D eigenvalue weighted by Gasteiger charge is 2.39. The van der Waals surface area contributed by atoms with Gasteiger partial charge in [0.1, 0.15) is 18.5 Å². The van der Waals surface area contributed by atoms with Gasteiger partial charge in [0.25, 0.3) is 0 Å². The van der Waals surface area contributed by atoms with Crippen molar-refractivity contribution in [3.8, 4) is 5.75 Å². The van der Waals surface area contributed by atoms with E-state index in [4.69, 9.17) is 4.74 Å². The summed E-state index contributed by atoms with van der Waals surface area (Å²) in [6.07, 6.45) is -1.84. The van der Waals surface area contributed by atoms with Gasteiger partial charge in [-0.2, -0.15) is 0 Å². The molecule has 1 heterocycles. The SMILES string of the molecule is O=Cc1ccc(OC2CS(=O)(=O)CC2O)c([N+](=O)[O-])c1. The van der Waals surface area contributed by atoms with E-state index in [0.29, 0.717) is 6.29 Å². The molecule has 1 saturated heterocycles. The predicted molar refractivity (Wildman–Crippen MR) is 67.6 cm³/mol. The lowest BCUT2D eigenvalue weighted by Crippen LogP contribution is -2.30. The van der Waals surface area contributed by atoms with Gasteiger partial charge in [-0.05, 0) is 12.1 Å². The van der Waals surface area contributed by atoms with Crippen LogP contribution in [0.2, 0.25) is 0 Å². The highest BCUT2D eigenvalue weighted by Crippen LogP contribution is 2.30. The smallest absolute Gasteiger partial charge is 0.311 e. The van der Waals surface area contributed by atoms with Crippen molar-refractivity contribution in [2.24, 2.45) is 0 Å². The van der Waals surface area contributed by atoms with Gasteiger partial charge in [-0.25, -0.2) is 8.42 Å². The minimum Gasteiger partial charge on any atom is -0.480 e. The summed E-state index contributed by atoms with van der Waals surface area (Å²) in [4.78, 5) is 20.8. The number of rotatable bonds is 4. The summed E-state index contributed by atoms with van der Waals surface area (Å²) in [5.41, 5.74) is -0.352. The van der Waals surface area contributed by atoms with Crippen molar-refractivity contribution in [2.75, 3.05) is 11.5 Å². The molecule has 1 aromatic rings. The third-order valence-corrected chi connectivity index (χ3v) is 4.55. The van der Waals surface area contributed by atoms with E-state index in [1.165, 1.54) is 12.1 Å². The molecule has 0 aromatic heterocycles. The molecule has 0 amide bonds. The van der Waals surface area contributed by atoms with Crippen LogP contribution in [-0.2, 0) is 9.84 Å². The zero-order chi connectivity index (χ0) is 14.9. The number of nitrogens with zero attached hydrogens (tertiary/aromatic N) is 1. The van der Waals surface area contributed by atoms with Crippen LogP contribution in [0.1, 0.15) is 10.4 Å². The van der Waals surface area contributed by atoms with Crippen LogP contribution in [0.5, 0.6) is 5.75 Å². The van der Waals surface area contributed by atoms with E-state index in [1.807, 2.05) is 0 Å². The zero-order valence-electron chi connectivity index (χ0n) is 10.1. The van der Waals surface area contributed by atoms with Gasteiger partial charge in [-0.3, -0.25) is 14.9 Å². The molecular formula is C11H11NO7S. The first-order valence-electron chi connectivity index (χ1n) is 5.61. The second kappa shape index (κ2) is 5.17. The highest BCUT2D eigenvalue weighted by atomic mass is 32.2. The average Bonchev–Trinajstić information content (AvgIpc) is 2.62. The van der Waals surface area contributed by atoms with E-state index in [1.54, 1.807) is 0 Å². The molecule has 8 nitrogen and oxygen atoms in total. The Labute approximate surface area is 114 Å². The Morgan fingerprint density at radius 1 is 1.40 bits per heavy atom. The van der Waals surface area contributed by atoms with Crippen LogP contribution in [0, 0.1) is 10.1 Å². The third-order valence-electron chi connectivity index (χ3n) is 2.87. The van der Waals surface area contributed by atoms with Crippen LogP contribution in [0.15, 0.2) is 18.2 Å². The van der Waals surface area contributed by atoms with Crippen molar-refractivity contribution in [3.05, 3.63) is 33.9 Å². The minimum absolute atomic E-state index is 0.101. The summed E-state index contributed by atoms with van der Waals surface area (Å²) in [5.74, 6) is -1.01. The molecule has 9 heteroatoms. The van der Waals surface area contributed by atoms with E-state index in [0.717, 1.165) is 6.07 Å². The second-order valence-electron chi connectivity index (χ2n) is 4.40. The van der Waals surface area contributed by atoms with Crippen LogP contribution in [0.4, 0.5) is 5.69 Å². The average molecular weight is 301 g/mol. The molecule has 20 heavy (non-hydrogen) atoms. The monoisotopic (exact) mass is 301 g/mol. The van der Waals surface area contributed by atoms with Crippen molar-refractivity contribution in [1.29, 1.82) is 0 Å². The fourth-order valence-corrected chi connectivity index (χ4v) is 3.58. The minimum atomic E-state index is -3.41. The molecule has 0 spiro atoms. The molecule has 0 radical (unpaired) electrons. The van der Waals surface area contributed by atoms with Crippen molar-refractivity contribution < 1.29 is 28.0 Å². The van der Waals surface area contributed by atoms with E-state index >= 15 is 0 Å². The molecule has 1 aliphatic heterocycles. The molecule has 0 aliphatic carbocycles. The summed E-state index contributed by atoms with van der Waals surface area (Å²) in [5, 5.41) is 20.5. The van der Waals surface area contributed by atoms with Gasteiger partial charge in [0.2, 0.25) is 0 Å². The first-order chi connectivity index (χ1) is 9.32. The lowest BCUT2D eigenvalue weighted by Gasteiger charge is -2.15. The number of nitro benzene ring substituents is 1. The number of aliphatic hydroxyl groups is 1. The first-order valence-corrected chi connectivity index (χ1v) is 7.43. The number of hydrogen-bond acceptors (Lipinski definition) is 7. The molecule has 1 fully saturated rings. The maximum Gasteiger partial charge on any atom is 0.311 e.